The van der Waals surface area contributed by atoms with Gasteiger partial charge in [-0.2, -0.15) is 8.42 Å². The summed E-state index contributed by atoms with van der Waals surface area (Å²) in [6.07, 6.45) is 1.50. The molecule has 2 amide bonds. The van der Waals surface area contributed by atoms with Crippen molar-refractivity contribution in [3.8, 4) is 11.5 Å². The molecule has 3 aromatic carbocycles. The molecule has 35 heavy (non-hydrogen) atoms. The van der Waals surface area contributed by atoms with Crippen LogP contribution in [0.5, 0.6) is 11.5 Å². The predicted molar refractivity (Wildman–Crippen MR) is 135 cm³/mol. The molecule has 0 radical (unpaired) electrons. The number of thioether (sulfide) groups is 1. The number of aryl methyl sites for hydroxylation is 1. The summed E-state index contributed by atoms with van der Waals surface area (Å²) in [6.45, 7) is 2.00. The number of rotatable bonds is 7. The molecule has 1 aliphatic rings. The normalized spacial score (nSPS) is 15.1. The molecule has 0 saturated carbocycles. The van der Waals surface area contributed by atoms with Gasteiger partial charge in [-0.15, -0.1) is 0 Å². The molecule has 180 valence electrons. The molecule has 3 aromatic rings. The Morgan fingerprint density at radius 2 is 1.71 bits per heavy atom. The Hall–Kier alpha value is -3.27. The zero-order chi connectivity index (χ0) is 25.2. The van der Waals surface area contributed by atoms with Crippen LogP contribution in [0.1, 0.15) is 16.7 Å². The van der Waals surface area contributed by atoms with Crippen LogP contribution in [0.4, 0.5) is 4.79 Å². The van der Waals surface area contributed by atoms with Crippen molar-refractivity contribution >= 4 is 50.7 Å². The second-order valence-electron chi connectivity index (χ2n) is 7.64. The quantitative estimate of drug-likeness (QED) is 0.288. The Balaban J connectivity index is 1.60. The molecule has 0 N–H and O–H groups in total. The van der Waals surface area contributed by atoms with Crippen molar-refractivity contribution in [1.29, 1.82) is 0 Å². The molecular weight excluding hydrogens is 510 g/mol. The van der Waals surface area contributed by atoms with Crippen LogP contribution in [-0.2, 0) is 21.5 Å². The minimum atomic E-state index is -4.16. The lowest BCUT2D eigenvalue weighted by molar-refractivity contribution is -0.123. The summed E-state index contributed by atoms with van der Waals surface area (Å²) in [6, 6.07) is 18.3. The van der Waals surface area contributed by atoms with E-state index in [9.17, 15) is 18.0 Å². The molecule has 1 aliphatic heterocycles. The second kappa shape index (κ2) is 10.2. The van der Waals surface area contributed by atoms with E-state index in [2.05, 4.69) is 0 Å². The highest BCUT2D eigenvalue weighted by atomic mass is 35.5. The van der Waals surface area contributed by atoms with Crippen LogP contribution in [0.2, 0.25) is 5.02 Å². The van der Waals surface area contributed by atoms with Crippen molar-refractivity contribution < 1.29 is 26.9 Å². The molecular formula is C25H20ClNO6S2. The molecule has 7 nitrogen and oxygen atoms in total. The van der Waals surface area contributed by atoms with E-state index in [1.807, 2.05) is 37.3 Å². The van der Waals surface area contributed by atoms with Crippen molar-refractivity contribution in [2.24, 2.45) is 0 Å². The van der Waals surface area contributed by atoms with Gasteiger partial charge in [0.1, 0.15) is 4.90 Å². The maximum atomic E-state index is 12.8. The third kappa shape index (κ3) is 5.53. The fourth-order valence-corrected chi connectivity index (χ4v) is 5.42. The van der Waals surface area contributed by atoms with Crippen LogP contribution < -0.4 is 8.92 Å². The highest BCUT2D eigenvalue weighted by Crippen LogP contribution is 2.40. The van der Waals surface area contributed by atoms with E-state index in [-0.39, 0.29) is 38.1 Å². The van der Waals surface area contributed by atoms with Gasteiger partial charge >= 0.3 is 10.1 Å². The van der Waals surface area contributed by atoms with E-state index >= 15 is 0 Å². The molecule has 0 spiro atoms. The number of imide groups is 1. The third-order valence-electron chi connectivity index (χ3n) is 5.11. The number of hydrogen-bond donors (Lipinski definition) is 0. The van der Waals surface area contributed by atoms with E-state index in [0.717, 1.165) is 27.8 Å². The minimum Gasteiger partial charge on any atom is -0.493 e. The van der Waals surface area contributed by atoms with Gasteiger partial charge in [0.15, 0.2) is 5.75 Å². The van der Waals surface area contributed by atoms with Crippen molar-refractivity contribution in [3.05, 3.63) is 93.3 Å². The number of ether oxygens (including phenoxy) is 1. The Kier molecular flexibility index (Phi) is 7.20. The fourth-order valence-electron chi connectivity index (χ4n) is 3.32. The molecule has 0 aliphatic carbocycles. The Bertz CT molecular complexity index is 1420. The SMILES string of the molecule is COc1cc(/C=C2\SC(=O)N(Cc3ccccc3)C2=O)cc(Cl)c1OS(=O)(=O)c1ccc(C)cc1. The average molecular weight is 530 g/mol. The maximum Gasteiger partial charge on any atom is 0.339 e. The number of benzene rings is 3. The number of halogens is 1. The molecule has 0 aromatic heterocycles. The second-order valence-corrected chi connectivity index (χ2v) is 10.6. The highest BCUT2D eigenvalue weighted by molar-refractivity contribution is 8.18. The summed E-state index contributed by atoms with van der Waals surface area (Å²) in [5, 5.41) is -0.415. The number of hydrogen-bond acceptors (Lipinski definition) is 7. The van der Waals surface area contributed by atoms with Gasteiger partial charge in [0.05, 0.1) is 23.6 Å². The molecule has 0 unspecified atom stereocenters. The number of carbonyl (C=O) groups excluding carboxylic acids is 2. The van der Waals surface area contributed by atoms with Crippen molar-refractivity contribution in [2.75, 3.05) is 7.11 Å². The lowest BCUT2D eigenvalue weighted by Crippen LogP contribution is -2.27. The largest absolute Gasteiger partial charge is 0.493 e. The summed E-state index contributed by atoms with van der Waals surface area (Å²) in [5.41, 5.74) is 2.17. The van der Waals surface area contributed by atoms with Crippen LogP contribution in [0.25, 0.3) is 6.08 Å². The summed E-state index contributed by atoms with van der Waals surface area (Å²) in [7, 11) is -2.82. The van der Waals surface area contributed by atoms with Crippen molar-refractivity contribution in [2.45, 2.75) is 18.4 Å². The summed E-state index contributed by atoms with van der Waals surface area (Å²) >= 11 is 7.17. The van der Waals surface area contributed by atoms with E-state index in [0.29, 0.717) is 5.56 Å². The van der Waals surface area contributed by atoms with E-state index in [1.165, 1.54) is 37.5 Å². The zero-order valence-corrected chi connectivity index (χ0v) is 21.1. The van der Waals surface area contributed by atoms with Gasteiger partial charge in [-0.3, -0.25) is 14.5 Å². The summed E-state index contributed by atoms with van der Waals surface area (Å²) < 4.78 is 36.0. The van der Waals surface area contributed by atoms with Gasteiger partial charge in [0.25, 0.3) is 11.1 Å². The molecule has 1 fully saturated rings. The van der Waals surface area contributed by atoms with E-state index < -0.39 is 16.0 Å². The maximum absolute atomic E-state index is 12.8. The molecule has 1 saturated heterocycles. The van der Waals surface area contributed by atoms with Gasteiger partial charge in [-0.25, -0.2) is 0 Å². The van der Waals surface area contributed by atoms with E-state index in [1.54, 1.807) is 12.1 Å². The molecule has 1 heterocycles. The van der Waals surface area contributed by atoms with Crippen molar-refractivity contribution in [3.63, 3.8) is 0 Å². The average Bonchev–Trinajstić information content (AvgIpc) is 3.08. The van der Waals surface area contributed by atoms with Crippen LogP contribution in [0.3, 0.4) is 0 Å². The Morgan fingerprint density at radius 1 is 1.03 bits per heavy atom. The van der Waals surface area contributed by atoms with Gasteiger partial charge < -0.3 is 8.92 Å². The van der Waals surface area contributed by atoms with Gasteiger partial charge in [0, 0.05) is 0 Å². The Labute approximate surface area is 212 Å². The van der Waals surface area contributed by atoms with Crippen LogP contribution >= 0.6 is 23.4 Å². The summed E-state index contributed by atoms with van der Waals surface area (Å²) in [5.74, 6) is -0.548. The van der Waals surface area contributed by atoms with Gasteiger partial charge in [-0.1, -0.05) is 59.6 Å². The zero-order valence-electron chi connectivity index (χ0n) is 18.7. The first-order valence-corrected chi connectivity index (χ1v) is 13.0. The first kappa shape index (κ1) is 24.8. The number of carbonyl (C=O) groups is 2. The van der Waals surface area contributed by atoms with Gasteiger partial charge in [0.2, 0.25) is 5.75 Å². The lowest BCUT2D eigenvalue weighted by Gasteiger charge is -2.14. The molecule has 4 rings (SSSR count). The monoisotopic (exact) mass is 529 g/mol. The molecule has 0 bridgehead atoms. The van der Waals surface area contributed by atoms with Crippen LogP contribution in [-0.4, -0.2) is 31.6 Å². The number of nitrogens with zero attached hydrogens (tertiary/aromatic N) is 1. The van der Waals surface area contributed by atoms with Gasteiger partial charge in [-0.05, 0) is 60.2 Å². The Morgan fingerprint density at radius 3 is 2.37 bits per heavy atom. The number of amides is 2. The first-order valence-electron chi connectivity index (χ1n) is 10.4. The smallest absolute Gasteiger partial charge is 0.339 e. The molecule has 10 heteroatoms. The molecule has 0 atom stereocenters. The predicted octanol–water partition coefficient (Wildman–Crippen LogP) is 5.66. The standard InChI is InChI=1S/C25H20ClNO6S2/c1-16-8-10-19(11-9-16)35(30,31)33-23-20(26)12-18(13-21(23)32-2)14-22-24(28)27(25(29)34-22)15-17-6-4-3-5-7-17/h3-14H,15H2,1-2H3/b22-14-. The topological polar surface area (TPSA) is 90.0 Å². The van der Waals surface area contributed by atoms with Crippen molar-refractivity contribution in [1.82, 2.24) is 4.90 Å². The number of methoxy groups -OCH3 is 1. The van der Waals surface area contributed by atoms with Crippen LogP contribution in [0, 0.1) is 6.92 Å². The van der Waals surface area contributed by atoms with E-state index in [4.69, 9.17) is 20.5 Å². The first-order chi connectivity index (χ1) is 16.7. The minimum absolute atomic E-state index is 0.0302. The van der Waals surface area contributed by atoms with Crippen LogP contribution in [0.15, 0.2) is 76.5 Å². The lowest BCUT2D eigenvalue weighted by atomic mass is 10.1. The fraction of sp³-hybridized carbons (Fsp3) is 0.120. The summed E-state index contributed by atoms with van der Waals surface area (Å²) in [4.78, 5) is 26.6. The highest BCUT2D eigenvalue weighted by Gasteiger charge is 2.35. The third-order valence-corrected chi connectivity index (χ3v) is 7.53.